The number of halogens is 1. The van der Waals surface area contributed by atoms with Crippen LogP contribution >= 0.6 is 15.9 Å². The molecule has 0 bridgehead atoms. The van der Waals surface area contributed by atoms with Crippen LogP contribution in [0.2, 0.25) is 0 Å². The fourth-order valence-corrected chi connectivity index (χ4v) is 3.13. The lowest BCUT2D eigenvalue weighted by Gasteiger charge is -2.34. The summed E-state index contributed by atoms with van der Waals surface area (Å²) >= 11 is 3.47. The van der Waals surface area contributed by atoms with Gasteiger partial charge in [0.1, 0.15) is 12.3 Å². The number of phenolic OH excluding ortho intramolecular Hbond substituents is 1. The predicted octanol–water partition coefficient (Wildman–Crippen LogP) is 2.06. The number of phenols is 1. The zero-order valence-corrected chi connectivity index (χ0v) is 13.5. The number of anilines is 1. The van der Waals surface area contributed by atoms with Crippen molar-refractivity contribution in [1.29, 1.82) is 0 Å². The lowest BCUT2D eigenvalue weighted by Crippen LogP contribution is -3.13. The normalized spacial score (nSPS) is 16.1. The summed E-state index contributed by atoms with van der Waals surface area (Å²) < 4.78 is 1.13. The van der Waals surface area contributed by atoms with E-state index in [9.17, 15) is 5.11 Å². The van der Waals surface area contributed by atoms with Gasteiger partial charge in [-0.05, 0) is 24.3 Å². The molecule has 21 heavy (non-hydrogen) atoms. The first-order valence-corrected chi connectivity index (χ1v) is 8.12. The Kier molecular flexibility index (Phi) is 4.46. The smallest absolute Gasteiger partial charge is 0.138 e. The largest absolute Gasteiger partial charge is 0.506 e. The summed E-state index contributed by atoms with van der Waals surface area (Å²) in [5, 5.41) is 9.94. The molecule has 1 heterocycles. The van der Waals surface area contributed by atoms with Crippen molar-refractivity contribution in [1.82, 2.24) is 0 Å². The molecule has 0 atom stereocenters. The molecule has 3 nitrogen and oxygen atoms in total. The summed E-state index contributed by atoms with van der Waals surface area (Å²) in [4.78, 5) is 3.88. The van der Waals surface area contributed by atoms with Gasteiger partial charge in [0.25, 0.3) is 0 Å². The van der Waals surface area contributed by atoms with E-state index in [1.165, 1.54) is 5.56 Å². The molecule has 0 saturated carbocycles. The van der Waals surface area contributed by atoms with Crippen LogP contribution in [0.3, 0.4) is 0 Å². The Labute approximate surface area is 133 Å². The Balaban J connectivity index is 1.58. The summed E-state index contributed by atoms with van der Waals surface area (Å²) in [6.45, 7) is 5.25. The first-order chi connectivity index (χ1) is 10.2. The van der Waals surface area contributed by atoms with E-state index in [1.54, 1.807) is 11.0 Å². The van der Waals surface area contributed by atoms with Crippen LogP contribution in [-0.4, -0.2) is 31.3 Å². The Hall–Kier alpha value is -1.52. The first kappa shape index (κ1) is 14.4. The molecule has 0 aromatic heterocycles. The van der Waals surface area contributed by atoms with Crippen LogP contribution in [0.15, 0.2) is 53.0 Å². The van der Waals surface area contributed by atoms with Crippen LogP contribution < -0.4 is 9.80 Å². The molecule has 1 saturated heterocycles. The molecule has 110 valence electrons. The van der Waals surface area contributed by atoms with Crippen molar-refractivity contribution in [3.8, 4) is 5.75 Å². The Bertz CT molecular complexity index is 592. The van der Waals surface area contributed by atoms with Gasteiger partial charge in [-0.25, -0.2) is 0 Å². The monoisotopic (exact) mass is 347 g/mol. The molecule has 1 fully saturated rings. The molecule has 2 N–H and O–H groups in total. The molecule has 3 rings (SSSR count). The van der Waals surface area contributed by atoms with Crippen molar-refractivity contribution in [2.24, 2.45) is 0 Å². The molecule has 4 heteroatoms. The molecular weight excluding hydrogens is 328 g/mol. The van der Waals surface area contributed by atoms with Gasteiger partial charge in [-0.15, -0.1) is 0 Å². The third-order valence-electron chi connectivity index (χ3n) is 4.06. The van der Waals surface area contributed by atoms with Gasteiger partial charge in [-0.2, -0.15) is 0 Å². The van der Waals surface area contributed by atoms with E-state index in [-0.39, 0.29) is 0 Å². The summed E-state index contributed by atoms with van der Waals surface area (Å²) in [7, 11) is 0. The lowest BCUT2D eigenvalue weighted by atomic mass is 10.2. The summed E-state index contributed by atoms with van der Waals surface area (Å²) in [6.07, 6.45) is 0. The molecule has 0 spiro atoms. The fourth-order valence-electron chi connectivity index (χ4n) is 2.86. The minimum absolute atomic E-state index is 0.383. The van der Waals surface area contributed by atoms with Gasteiger partial charge in [-0.1, -0.05) is 40.2 Å². The third-order valence-corrected chi connectivity index (χ3v) is 4.59. The van der Waals surface area contributed by atoms with Crippen molar-refractivity contribution >= 4 is 21.6 Å². The van der Waals surface area contributed by atoms with E-state index in [0.717, 1.165) is 42.9 Å². The van der Waals surface area contributed by atoms with Gasteiger partial charge in [0, 0.05) is 10.0 Å². The average molecular weight is 348 g/mol. The van der Waals surface area contributed by atoms with Gasteiger partial charge >= 0.3 is 0 Å². The van der Waals surface area contributed by atoms with Crippen molar-refractivity contribution in [2.75, 3.05) is 31.1 Å². The zero-order chi connectivity index (χ0) is 14.7. The maximum absolute atomic E-state index is 9.94. The maximum Gasteiger partial charge on any atom is 0.138 e. The van der Waals surface area contributed by atoms with Gasteiger partial charge in [-0.3, -0.25) is 0 Å². The predicted molar refractivity (Wildman–Crippen MR) is 88.9 cm³/mol. The lowest BCUT2D eigenvalue weighted by molar-refractivity contribution is -0.914. The quantitative estimate of drug-likeness (QED) is 0.889. The highest BCUT2D eigenvalue weighted by Gasteiger charge is 2.21. The first-order valence-electron chi connectivity index (χ1n) is 7.33. The van der Waals surface area contributed by atoms with Crippen molar-refractivity contribution in [2.45, 2.75) is 6.54 Å². The third kappa shape index (κ3) is 3.57. The summed E-state index contributed by atoms with van der Waals surface area (Å²) in [5.41, 5.74) is 2.34. The Morgan fingerprint density at radius 3 is 2.33 bits per heavy atom. The fraction of sp³-hybridized carbons (Fsp3) is 0.294. The Morgan fingerprint density at radius 2 is 1.67 bits per heavy atom. The SMILES string of the molecule is Oc1ccccc1N1CC[NH+](Cc2ccc(Br)cc2)CC1. The molecule has 0 radical (unpaired) electrons. The zero-order valence-electron chi connectivity index (χ0n) is 11.9. The minimum Gasteiger partial charge on any atom is -0.506 e. The van der Waals surface area contributed by atoms with E-state index in [4.69, 9.17) is 0 Å². The van der Waals surface area contributed by atoms with Crippen LogP contribution in [0.1, 0.15) is 5.56 Å². The van der Waals surface area contributed by atoms with Crippen molar-refractivity contribution in [3.63, 3.8) is 0 Å². The van der Waals surface area contributed by atoms with Gasteiger partial charge in [0.05, 0.1) is 31.9 Å². The molecule has 0 aliphatic carbocycles. The van der Waals surface area contributed by atoms with E-state index in [2.05, 4.69) is 45.1 Å². The van der Waals surface area contributed by atoms with Gasteiger partial charge in [0.15, 0.2) is 0 Å². The second-order valence-corrected chi connectivity index (χ2v) is 6.44. The van der Waals surface area contributed by atoms with Crippen LogP contribution in [-0.2, 0) is 6.54 Å². The number of aromatic hydroxyl groups is 1. The number of hydrogen-bond donors (Lipinski definition) is 2. The van der Waals surface area contributed by atoms with Crippen molar-refractivity contribution < 1.29 is 10.0 Å². The number of quaternary nitrogens is 1. The highest BCUT2D eigenvalue weighted by molar-refractivity contribution is 9.10. The van der Waals surface area contributed by atoms with E-state index < -0.39 is 0 Å². The molecular formula is C17H20BrN2O+. The highest BCUT2D eigenvalue weighted by atomic mass is 79.9. The molecule has 1 aliphatic heterocycles. The number of rotatable bonds is 3. The van der Waals surface area contributed by atoms with Crippen molar-refractivity contribution in [3.05, 3.63) is 58.6 Å². The second-order valence-electron chi connectivity index (χ2n) is 5.53. The summed E-state index contributed by atoms with van der Waals surface area (Å²) in [6, 6.07) is 16.2. The number of piperazine rings is 1. The molecule has 0 amide bonds. The van der Waals surface area contributed by atoms with Crippen LogP contribution in [0.4, 0.5) is 5.69 Å². The van der Waals surface area contributed by atoms with E-state index in [1.807, 2.05) is 18.2 Å². The van der Waals surface area contributed by atoms with Gasteiger partial charge < -0.3 is 14.9 Å². The Morgan fingerprint density at radius 1 is 1.00 bits per heavy atom. The number of para-hydroxylation sites is 2. The number of benzene rings is 2. The molecule has 2 aromatic carbocycles. The van der Waals surface area contributed by atoms with Crippen LogP contribution in [0.25, 0.3) is 0 Å². The van der Waals surface area contributed by atoms with Crippen LogP contribution in [0.5, 0.6) is 5.75 Å². The molecule has 2 aromatic rings. The summed E-state index contributed by atoms with van der Waals surface area (Å²) in [5.74, 6) is 0.383. The molecule has 0 unspecified atom stereocenters. The van der Waals surface area contributed by atoms with Gasteiger partial charge in [0.2, 0.25) is 0 Å². The number of hydrogen-bond acceptors (Lipinski definition) is 2. The standard InChI is InChI=1S/C17H19BrN2O/c18-15-7-5-14(6-8-15)13-19-9-11-20(12-10-19)16-3-1-2-4-17(16)21/h1-8,21H,9-13H2/p+1. The second kappa shape index (κ2) is 6.50. The number of nitrogens with one attached hydrogen (secondary N) is 1. The minimum atomic E-state index is 0.383. The highest BCUT2D eigenvalue weighted by Crippen LogP contribution is 2.25. The average Bonchev–Trinajstić information content (AvgIpc) is 2.51. The van der Waals surface area contributed by atoms with Crippen LogP contribution in [0, 0.1) is 0 Å². The maximum atomic E-state index is 9.94. The topological polar surface area (TPSA) is 27.9 Å². The van der Waals surface area contributed by atoms with E-state index >= 15 is 0 Å². The van der Waals surface area contributed by atoms with E-state index in [0.29, 0.717) is 5.75 Å². The number of nitrogens with zero attached hydrogens (tertiary/aromatic N) is 1. The molecule has 1 aliphatic rings.